The number of nitrogen functional groups attached to an aromatic ring is 1. The van der Waals surface area contributed by atoms with E-state index >= 15 is 0 Å². The fourth-order valence-electron chi connectivity index (χ4n) is 2.21. The molecule has 0 atom stereocenters. The number of benzene rings is 1. The van der Waals surface area contributed by atoms with Crippen molar-refractivity contribution >= 4 is 17.4 Å². The number of anilines is 1. The molecule has 0 amide bonds. The molecule has 5 nitrogen and oxygen atoms in total. The molecule has 0 aliphatic carbocycles. The SMILES string of the molecule is C=CCn1c(C)nc(-c2ccc(OC)c(OC)c2Cl)c1N. The zero-order valence-electron chi connectivity index (χ0n) is 12.3. The lowest BCUT2D eigenvalue weighted by atomic mass is 10.1. The smallest absolute Gasteiger partial charge is 0.180 e. The van der Waals surface area contributed by atoms with Gasteiger partial charge in [0.25, 0.3) is 0 Å². The Balaban J connectivity index is 2.63. The van der Waals surface area contributed by atoms with Crippen LogP contribution in [0, 0.1) is 6.92 Å². The van der Waals surface area contributed by atoms with Crippen LogP contribution in [0.3, 0.4) is 0 Å². The highest BCUT2D eigenvalue weighted by molar-refractivity contribution is 6.35. The van der Waals surface area contributed by atoms with Crippen LogP contribution in [0.2, 0.25) is 5.02 Å². The second kappa shape index (κ2) is 6.10. The van der Waals surface area contributed by atoms with Crippen LogP contribution in [0.4, 0.5) is 5.82 Å². The zero-order valence-corrected chi connectivity index (χ0v) is 13.1. The lowest BCUT2D eigenvalue weighted by Gasteiger charge is -2.12. The third kappa shape index (κ3) is 2.56. The van der Waals surface area contributed by atoms with E-state index in [1.807, 2.05) is 17.6 Å². The summed E-state index contributed by atoms with van der Waals surface area (Å²) in [4.78, 5) is 4.50. The number of methoxy groups -OCH3 is 2. The molecule has 0 fully saturated rings. The number of aromatic nitrogens is 2. The number of nitrogens with zero attached hydrogens (tertiary/aromatic N) is 2. The third-order valence-corrected chi connectivity index (χ3v) is 3.62. The third-order valence-electron chi connectivity index (χ3n) is 3.25. The Morgan fingerprint density at radius 2 is 2.10 bits per heavy atom. The molecule has 0 aliphatic rings. The topological polar surface area (TPSA) is 62.3 Å². The van der Waals surface area contributed by atoms with Crippen molar-refractivity contribution in [2.45, 2.75) is 13.5 Å². The van der Waals surface area contributed by atoms with Gasteiger partial charge in [-0.25, -0.2) is 4.98 Å². The number of nitrogens with two attached hydrogens (primary N) is 1. The van der Waals surface area contributed by atoms with E-state index in [1.54, 1.807) is 26.4 Å². The lowest BCUT2D eigenvalue weighted by molar-refractivity contribution is 0.355. The van der Waals surface area contributed by atoms with Gasteiger partial charge in [-0.15, -0.1) is 6.58 Å². The van der Waals surface area contributed by atoms with Gasteiger partial charge in [-0.1, -0.05) is 17.7 Å². The molecular weight excluding hydrogens is 290 g/mol. The number of hydrogen-bond donors (Lipinski definition) is 1. The van der Waals surface area contributed by atoms with Crippen LogP contribution in [0.1, 0.15) is 5.82 Å². The zero-order chi connectivity index (χ0) is 15.6. The minimum Gasteiger partial charge on any atom is -0.493 e. The molecule has 6 heteroatoms. The summed E-state index contributed by atoms with van der Waals surface area (Å²) >= 11 is 6.41. The minimum absolute atomic E-state index is 0.423. The van der Waals surface area contributed by atoms with Crippen molar-refractivity contribution in [3.8, 4) is 22.8 Å². The molecule has 0 unspecified atom stereocenters. The summed E-state index contributed by atoms with van der Waals surface area (Å²) in [6, 6.07) is 3.60. The molecule has 21 heavy (non-hydrogen) atoms. The second-order valence-corrected chi connectivity index (χ2v) is 4.83. The Hall–Kier alpha value is -2.14. The van der Waals surface area contributed by atoms with E-state index in [-0.39, 0.29) is 0 Å². The van der Waals surface area contributed by atoms with Crippen LogP contribution < -0.4 is 15.2 Å². The Labute approximate surface area is 128 Å². The van der Waals surface area contributed by atoms with E-state index in [0.29, 0.717) is 40.1 Å². The molecule has 2 N–H and O–H groups in total. The average molecular weight is 308 g/mol. The summed E-state index contributed by atoms with van der Waals surface area (Å²) in [5.74, 6) is 2.37. The van der Waals surface area contributed by atoms with Crippen LogP contribution in [0.15, 0.2) is 24.8 Å². The summed E-state index contributed by atoms with van der Waals surface area (Å²) in [7, 11) is 3.10. The van der Waals surface area contributed by atoms with Crippen LogP contribution in [0.5, 0.6) is 11.5 Å². The molecule has 0 bridgehead atoms. The van der Waals surface area contributed by atoms with Gasteiger partial charge in [-0.3, -0.25) is 0 Å². The number of rotatable bonds is 5. The van der Waals surface area contributed by atoms with E-state index in [2.05, 4.69) is 11.6 Å². The van der Waals surface area contributed by atoms with Crippen LogP contribution in [0.25, 0.3) is 11.3 Å². The first-order chi connectivity index (χ1) is 10.0. The van der Waals surface area contributed by atoms with Crippen molar-refractivity contribution < 1.29 is 9.47 Å². The van der Waals surface area contributed by atoms with Crippen LogP contribution in [-0.4, -0.2) is 23.8 Å². The molecular formula is C15H18ClN3O2. The maximum Gasteiger partial charge on any atom is 0.180 e. The number of allylic oxidation sites excluding steroid dienone is 1. The summed E-state index contributed by atoms with van der Waals surface area (Å²) in [5, 5.41) is 0.423. The van der Waals surface area contributed by atoms with Gasteiger partial charge in [0.2, 0.25) is 0 Å². The van der Waals surface area contributed by atoms with E-state index < -0.39 is 0 Å². The maximum absolute atomic E-state index is 6.41. The summed E-state index contributed by atoms with van der Waals surface area (Å²) < 4.78 is 12.4. The van der Waals surface area contributed by atoms with E-state index in [1.165, 1.54) is 0 Å². The standard InChI is InChI=1S/C15H18ClN3O2/c1-5-8-19-9(2)18-13(15(19)17)10-6-7-11(20-3)14(21-4)12(10)16/h5-7H,1,8,17H2,2-4H3. The molecule has 0 spiro atoms. The molecule has 1 heterocycles. The Morgan fingerprint density at radius 3 is 2.67 bits per heavy atom. The van der Waals surface area contributed by atoms with Crippen molar-refractivity contribution in [2.75, 3.05) is 20.0 Å². The van der Waals surface area contributed by atoms with E-state index in [0.717, 1.165) is 5.82 Å². The first kappa shape index (κ1) is 15.3. The number of ether oxygens (including phenoxy) is 2. The van der Waals surface area contributed by atoms with Gasteiger partial charge >= 0.3 is 0 Å². The molecule has 0 saturated heterocycles. The van der Waals surface area contributed by atoms with Crippen molar-refractivity contribution in [2.24, 2.45) is 0 Å². The highest BCUT2D eigenvalue weighted by Crippen LogP contribution is 2.42. The van der Waals surface area contributed by atoms with Gasteiger partial charge in [-0.05, 0) is 19.1 Å². The Kier molecular flexibility index (Phi) is 4.43. The Morgan fingerprint density at radius 1 is 1.38 bits per heavy atom. The first-order valence-electron chi connectivity index (χ1n) is 6.39. The van der Waals surface area contributed by atoms with Gasteiger partial charge in [0.1, 0.15) is 17.3 Å². The largest absolute Gasteiger partial charge is 0.493 e. The average Bonchev–Trinajstić information content (AvgIpc) is 2.75. The molecule has 0 aliphatic heterocycles. The number of hydrogen-bond acceptors (Lipinski definition) is 4. The fraction of sp³-hybridized carbons (Fsp3) is 0.267. The summed E-state index contributed by atoms with van der Waals surface area (Å²) in [5.41, 5.74) is 7.51. The monoisotopic (exact) mass is 307 g/mol. The maximum atomic E-state index is 6.41. The van der Waals surface area contributed by atoms with Crippen LogP contribution >= 0.6 is 11.6 Å². The first-order valence-corrected chi connectivity index (χ1v) is 6.77. The predicted octanol–water partition coefficient (Wildman–Crippen LogP) is 3.30. The second-order valence-electron chi connectivity index (χ2n) is 4.45. The predicted molar refractivity (Wildman–Crippen MR) is 85.1 cm³/mol. The van der Waals surface area contributed by atoms with Crippen molar-refractivity contribution in [1.29, 1.82) is 0 Å². The normalized spacial score (nSPS) is 10.5. The molecule has 0 radical (unpaired) electrons. The van der Waals surface area contributed by atoms with Gasteiger partial charge in [-0.2, -0.15) is 0 Å². The molecule has 0 saturated carbocycles. The lowest BCUT2D eigenvalue weighted by Crippen LogP contribution is -2.03. The number of halogens is 1. The van der Waals surface area contributed by atoms with Crippen LogP contribution in [-0.2, 0) is 6.54 Å². The molecule has 2 rings (SSSR count). The number of aryl methyl sites for hydroxylation is 1. The molecule has 1 aromatic heterocycles. The van der Waals surface area contributed by atoms with Gasteiger partial charge in [0, 0.05) is 12.1 Å². The Bertz CT molecular complexity index is 680. The van der Waals surface area contributed by atoms with Gasteiger partial charge in [0.05, 0.1) is 19.2 Å². The number of imidazole rings is 1. The van der Waals surface area contributed by atoms with Gasteiger partial charge < -0.3 is 19.8 Å². The van der Waals surface area contributed by atoms with Crippen molar-refractivity contribution in [3.05, 3.63) is 35.6 Å². The quantitative estimate of drug-likeness (QED) is 0.861. The minimum atomic E-state index is 0.423. The summed E-state index contributed by atoms with van der Waals surface area (Å²) in [6.07, 6.45) is 1.77. The van der Waals surface area contributed by atoms with Gasteiger partial charge in [0.15, 0.2) is 11.5 Å². The van der Waals surface area contributed by atoms with E-state index in [4.69, 9.17) is 26.8 Å². The van der Waals surface area contributed by atoms with E-state index in [9.17, 15) is 0 Å². The fourth-order valence-corrected chi connectivity index (χ4v) is 2.53. The highest BCUT2D eigenvalue weighted by Gasteiger charge is 2.20. The van der Waals surface area contributed by atoms with Crippen molar-refractivity contribution in [1.82, 2.24) is 9.55 Å². The highest BCUT2D eigenvalue weighted by atomic mass is 35.5. The molecule has 1 aromatic carbocycles. The molecule has 112 valence electrons. The summed E-state index contributed by atoms with van der Waals surface area (Å²) in [6.45, 7) is 6.20. The van der Waals surface area contributed by atoms with Crippen molar-refractivity contribution in [3.63, 3.8) is 0 Å². The molecule has 2 aromatic rings.